The van der Waals surface area contributed by atoms with Crippen molar-refractivity contribution in [1.82, 2.24) is 0 Å². The highest BCUT2D eigenvalue weighted by Crippen LogP contribution is 2.35. The van der Waals surface area contributed by atoms with Crippen LogP contribution < -0.4 is 5.73 Å². The highest BCUT2D eigenvalue weighted by molar-refractivity contribution is 5.93. The monoisotopic (exact) mass is 283 g/mol. The summed E-state index contributed by atoms with van der Waals surface area (Å²) in [5.41, 5.74) is 10.4. The van der Waals surface area contributed by atoms with E-state index in [9.17, 15) is 4.79 Å². The maximum absolute atomic E-state index is 11.2. The first kappa shape index (κ1) is 14.1. The molecule has 0 bridgehead atoms. The van der Waals surface area contributed by atoms with Gasteiger partial charge in [0.2, 0.25) is 0 Å². The zero-order valence-electron chi connectivity index (χ0n) is 12.4. The number of aryl methyl sites for hydroxylation is 2. The third-order valence-corrected chi connectivity index (χ3v) is 4.43. The Balaban J connectivity index is 1.83. The normalized spacial score (nSPS) is 14.4. The molecule has 3 rings (SSSR count). The molecule has 3 heteroatoms. The number of carbonyl (C=O) groups excluding carboxylic acids is 1. The minimum atomic E-state index is -0.164. The molecule has 1 aliphatic rings. The third kappa shape index (κ3) is 2.66. The average molecular weight is 283 g/mol. The fourth-order valence-corrected chi connectivity index (χ4v) is 3.32. The van der Waals surface area contributed by atoms with Crippen LogP contribution in [-0.4, -0.2) is 13.1 Å². The molecule has 0 saturated heterocycles. The number of nitrogens with two attached hydrogens (primary N) is 1. The lowest BCUT2D eigenvalue weighted by Crippen LogP contribution is -2.12. The molecule has 2 N–H and O–H groups in total. The summed E-state index contributed by atoms with van der Waals surface area (Å²) in [6, 6.07) is 10.9. The molecule has 3 nitrogen and oxygen atoms in total. The Morgan fingerprint density at radius 3 is 2.76 bits per heavy atom. The Kier molecular flexibility index (Phi) is 3.93. The van der Waals surface area contributed by atoms with Crippen LogP contribution in [0.4, 0.5) is 0 Å². The molecule has 110 valence electrons. The highest BCUT2D eigenvalue weighted by atomic mass is 16.5. The zero-order chi connectivity index (χ0) is 14.8. The van der Waals surface area contributed by atoms with Gasteiger partial charge in [-0.1, -0.05) is 30.3 Å². The molecule has 0 amide bonds. The van der Waals surface area contributed by atoms with E-state index in [2.05, 4.69) is 35.1 Å². The second-order valence-corrected chi connectivity index (χ2v) is 5.73. The van der Waals surface area contributed by atoms with Gasteiger partial charge in [0.05, 0.1) is 7.11 Å². The minimum Gasteiger partial charge on any atom is -0.469 e. The molecule has 0 saturated carbocycles. The van der Waals surface area contributed by atoms with Crippen molar-refractivity contribution < 1.29 is 9.53 Å². The van der Waals surface area contributed by atoms with Crippen molar-refractivity contribution in [2.75, 3.05) is 7.11 Å². The van der Waals surface area contributed by atoms with Crippen LogP contribution in [0.3, 0.4) is 0 Å². The van der Waals surface area contributed by atoms with Crippen molar-refractivity contribution in [2.24, 2.45) is 5.73 Å². The molecule has 1 atom stereocenters. The van der Waals surface area contributed by atoms with Gasteiger partial charge >= 0.3 is 5.97 Å². The van der Waals surface area contributed by atoms with Gasteiger partial charge in [-0.15, -0.1) is 0 Å². The Morgan fingerprint density at radius 1 is 1.24 bits per heavy atom. The van der Waals surface area contributed by atoms with E-state index >= 15 is 0 Å². The minimum absolute atomic E-state index is 0.0282. The summed E-state index contributed by atoms with van der Waals surface area (Å²) in [5, 5.41) is 2.69. The van der Waals surface area contributed by atoms with Gasteiger partial charge in [-0.25, -0.2) is 0 Å². The molecule has 21 heavy (non-hydrogen) atoms. The Bertz CT molecular complexity index is 668. The lowest BCUT2D eigenvalue weighted by atomic mass is 9.93. The number of ether oxygens (including phenoxy) is 1. The van der Waals surface area contributed by atoms with Crippen LogP contribution in [0.5, 0.6) is 0 Å². The summed E-state index contributed by atoms with van der Waals surface area (Å²) in [4.78, 5) is 11.2. The Hall–Kier alpha value is -1.87. The second-order valence-electron chi connectivity index (χ2n) is 5.73. The lowest BCUT2D eigenvalue weighted by molar-refractivity contribution is -0.140. The smallest absolute Gasteiger partial charge is 0.305 e. The van der Waals surface area contributed by atoms with E-state index in [0.29, 0.717) is 6.42 Å². The van der Waals surface area contributed by atoms with Crippen LogP contribution in [0.25, 0.3) is 10.8 Å². The number of benzene rings is 2. The number of esters is 1. The van der Waals surface area contributed by atoms with Gasteiger partial charge in [0, 0.05) is 12.5 Å². The van der Waals surface area contributed by atoms with E-state index in [1.54, 1.807) is 0 Å². The van der Waals surface area contributed by atoms with Gasteiger partial charge in [-0.3, -0.25) is 4.79 Å². The van der Waals surface area contributed by atoms with E-state index in [0.717, 1.165) is 25.7 Å². The number of hydrogen-bond acceptors (Lipinski definition) is 3. The van der Waals surface area contributed by atoms with E-state index in [-0.39, 0.29) is 12.0 Å². The Labute approximate surface area is 125 Å². The molecule has 0 spiro atoms. The summed E-state index contributed by atoms with van der Waals surface area (Å²) in [7, 11) is 1.42. The lowest BCUT2D eigenvalue weighted by Gasteiger charge is -2.15. The number of hydrogen-bond donors (Lipinski definition) is 1. The highest BCUT2D eigenvalue weighted by Gasteiger charge is 2.18. The van der Waals surface area contributed by atoms with Crippen LogP contribution in [0.1, 0.15) is 42.0 Å². The summed E-state index contributed by atoms with van der Waals surface area (Å²) in [6.45, 7) is 0. The topological polar surface area (TPSA) is 52.3 Å². The predicted octanol–water partition coefficient (Wildman–Crippen LogP) is 3.28. The molecule has 2 aromatic carbocycles. The molecular formula is C18H21NO2. The summed E-state index contributed by atoms with van der Waals surface area (Å²) in [6.07, 6.45) is 4.26. The number of rotatable bonds is 5. The third-order valence-electron chi connectivity index (χ3n) is 4.43. The van der Waals surface area contributed by atoms with E-state index in [4.69, 9.17) is 5.73 Å². The maximum Gasteiger partial charge on any atom is 0.305 e. The molecule has 0 fully saturated rings. The standard InChI is InChI=1S/C18H21NO2/c1-21-17(20)7-3-6-16(19)14-11-10-13-9-8-12-4-2-5-15(14)18(12)13/h2,4-5,10-11,16H,3,6-9,19H2,1H3. The van der Waals surface area contributed by atoms with Crippen molar-refractivity contribution in [3.8, 4) is 0 Å². The molecule has 0 aliphatic heterocycles. The molecule has 1 aliphatic carbocycles. The van der Waals surface area contributed by atoms with E-state index in [1.807, 2.05) is 0 Å². The fraction of sp³-hybridized carbons (Fsp3) is 0.389. The van der Waals surface area contributed by atoms with Gasteiger partial charge in [-0.2, -0.15) is 0 Å². The van der Waals surface area contributed by atoms with Crippen molar-refractivity contribution in [3.05, 3.63) is 47.0 Å². The van der Waals surface area contributed by atoms with Crippen LogP contribution in [0.2, 0.25) is 0 Å². The summed E-state index contributed by atoms with van der Waals surface area (Å²) >= 11 is 0. The number of methoxy groups -OCH3 is 1. The second kappa shape index (κ2) is 5.86. The molecular weight excluding hydrogens is 262 g/mol. The van der Waals surface area contributed by atoms with Crippen molar-refractivity contribution in [2.45, 2.75) is 38.1 Å². The molecule has 0 radical (unpaired) electrons. The largest absolute Gasteiger partial charge is 0.469 e. The first-order valence-corrected chi connectivity index (χ1v) is 7.56. The van der Waals surface area contributed by atoms with E-state index < -0.39 is 0 Å². The molecule has 0 aromatic heterocycles. The predicted molar refractivity (Wildman–Crippen MR) is 84.2 cm³/mol. The van der Waals surface area contributed by atoms with Gasteiger partial charge in [0.15, 0.2) is 0 Å². The Morgan fingerprint density at radius 2 is 2.00 bits per heavy atom. The van der Waals surface area contributed by atoms with Gasteiger partial charge in [0.25, 0.3) is 0 Å². The molecule has 0 heterocycles. The van der Waals surface area contributed by atoms with Crippen molar-refractivity contribution in [3.63, 3.8) is 0 Å². The van der Waals surface area contributed by atoms with Gasteiger partial charge < -0.3 is 10.5 Å². The average Bonchev–Trinajstić information content (AvgIpc) is 2.92. The van der Waals surface area contributed by atoms with Crippen LogP contribution in [0.15, 0.2) is 30.3 Å². The van der Waals surface area contributed by atoms with Gasteiger partial charge in [0.1, 0.15) is 0 Å². The van der Waals surface area contributed by atoms with Crippen molar-refractivity contribution in [1.29, 1.82) is 0 Å². The van der Waals surface area contributed by atoms with Gasteiger partial charge in [-0.05, 0) is 53.1 Å². The van der Waals surface area contributed by atoms with E-state index in [1.165, 1.54) is 34.6 Å². The quantitative estimate of drug-likeness (QED) is 0.857. The van der Waals surface area contributed by atoms with Crippen LogP contribution >= 0.6 is 0 Å². The number of carbonyl (C=O) groups is 1. The summed E-state index contributed by atoms with van der Waals surface area (Å²) in [5.74, 6) is -0.164. The summed E-state index contributed by atoms with van der Waals surface area (Å²) < 4.78 is 4.67. The fourth-order valence-electron chi connectivity index (χ4n) is 3.32. The molecule has 2 aromatic rings. The zero-order valence-corrected chi connectivity index (χ0v) is 12.4. The SMILES string of the molecule is COC(=O)CCCC(N)c1ccc2c3c(cccc13)CC2. The maximum atomic E-state index is 11.2. The molecule has 1 unspecified atom stereocenters. The van der Waals surface area contributed by atoms with Crippen LogP contribution in [-0.2, 0) is 22.4 Å². The first-order valence-electron chi connectivity index (χ1n) is 7.56. The van der Waals surface area contributed by atoms with Crippen molar-refractivity contribution >= 4 is 16.7 Å². The first-order chi connectivity index (χ1) is 10.2. The van der Waals surface area contributed by atoms with Crippen LogP contribution in [0, 0.1) is 0 Å².